The van der Waals surface area contributed by atoms with Crippen LogP contribution in [0.5, 0.6) is 17.2 Å². The first-order chi connectivity index (χ1) is 8.54. The predicted octanol–water partition coefficient (Wildman–Crippen LogP) is 2.61. The van der Waals surface area contributed by atoms with Crippen molar-refractivity contribution >= 4 is 6.29 Å². The van der Waals surface area contributed by atoms with Gasteiger partial charge in [-0.25, -0.2) is 0 Å². The molecule has 0 spiro atoms. The smallest absolute Gasteiger partial charge is 0.150 e. The molecule has 2 aromatic rings. The summed E-state index contributed by atoms with van der Waals surface area (Å²) in [6, 6.07) is 10.7. The zero-order valence-corrected chi connectivity index (χ0v) is 9.87. The number of rotatable bonds is 1. The summed E-state index contributed by atoms with van der Waals surface area (Å²) < 4.78 is 0. The number of hydrogen-bond acceptors (Lipinski definition) is 4. The van der Waals surface area contributed by atoms with Gasteiger partial charge in [0.25, 0.3) is 0 Å². The lowest BCUT2D eigenvalue weighted by atomic mass is 10.1. The minimum Gasteiger partial charge on any atom is -0.508 e. The first kappa shape index (κ1) is 13.6. The first-order valence-corrected chi connectivity index (χ1v) is 5.26. The van der Waals surface area contributed by atoms with E-state index in [9.17, 15) is 4.79 Å². The van der Waals surface area contributed by atoms with Gasteiger partial charge in [0.1, 0.15) is 23.5 Å². The van der Waals surface area contributed by atoms with Gasteiger partial charge in [0.15, 0.2) is 0 Å². The molecule has 0 saturated carbocycles. The van der Waals surface area contributed by atoms with Crippen LogP contribution in [0.1, 0.15) is 15.9 Å². The van der Waals surface area contributed by atoms with E-state index in [2.05, 4.69) is 0 Å². The third-order valence-corrected chi connectivity index (χ3v) is 2.30. The Morgan fingerprint density at radius 1 is 0.944 bits per heavy atom. The van der Waals surface area contributed by atoms with E-state index in [1.165, 1.54) is 18.2 Å². The average molecular weight is 246 g/mol. The van der Waals surface area contributed by atoms with E-state index in [-0.39, 0.29) is 17.2 Å². The molecule has 0 fully saturated rings. The van der Waals surface area contributed by atoms with Crippen molar-refractivity contribution in [2.45, 2.75) is 6.92 Å². The molecule has 2 rings (SSSR count). The second-order valence-electron chi connectivity index (χ2n) is 3.63. The minimum atomic E-state index is 0.0880. The van der Waals surface area contributed by atoms with Gasteiger partial charge in [-0.05, 0) is 25.1 Å². The fraction of sp³-hybridized carbons (Fsp3) is 0.0714. The van der Waals surface area contributed by atoms with Gasteiger partial charge in [0.2, 0.25) is 0 Å². The van der Waals surface area contributed by atoms with E-state index >= 15 is 0 Å². The molecule has 0 radical (unpaired) electrons. The van der Waals surface area contributed by atoms with Gasteiger partial charge in [-0.1, -0.05) is 18.2 Å². The summed E-state index contributed by atoms with van der Waals surface area (Å²) in [5, 5.41) is 26.4. The number of carbonyl (C=O) groups excluding carboxylic acids is 1. The Balaban J connectivity index is 0.000000184. The fourth-order valence-corrected chi connectivity index (χ4v) is 1.26. The molecule has 18 heavy (non-hydrogen) atoms. The lowest BCUT2D eigenvalue weighted by molar-refractivity contribution is 0.112. The molecular formula is C14H14O4. The Morgan fingerprint density at radius 2 is 1.50 bits per heavy atom. The molecule has 0 aliphatic rings. The summed E-state index contributed by atoms with van der Waals surface area (Å²) in [6.07, 6.45) is 0.731. The fourth-order valence-electron chi connectivity index (χ4n) is 1.26. The molecule has 0 saturated heterocycles. The van der Waals surface area contributed by atoms with E-state index in [1.54, 1.807) is 31.2 Å². The van der Waals surface area contributed by atoms with Crippen LogP contribution in [0.2, 0.25) is 0 Å². The molecule has 0 bridgehead atoms. The monoisotopic (exact) mass is 246 g/mol. The molecule has 0 aromatic heterocycles. The highest BCUT2D eigenvalue weighted by Crippen LogP contribution is 2.17. The van der Waals surface area contributed by atoms with Crippen LogP contribution in [-0.4, -0.2) is 21.6 Å². The van der Waals surface area contributed by atoms with Crippen molar-refractivity contribution in [1.82, 2.24) is 0 Å². The molecule has 0 aliphatic carbocycles. The topological polar surface area (TPSA) is 77.8 Å². The lowest BCUT2D eigenvalue weighted by Crippen LogP contribution is -1.84. The highest BCUT2D eigenvalue weighted by atomic mass is 16.3. The molecular weight excluding hydrogens is 232 g/mol. The quantitative estimate of drug-likeness (QED) is 0.676. The van der Waals surface area contributed by atoms with Gasteiger partial charge in [0, 0.05) is 17.2 Å². The summed E-state index contributed by atoms with van der Waals surface area (Å²) in [5.41, 5.74) is 1.18. The van der Waals surface area contributed by atoms with Gasteiger partial charge in [0.05, 0.1) is 0 Å². The van der Waals surface area contributed by atoms with Gasteiger partial charge in [-0.2, -0.15) is 0 Å². The summed E-state index contributed by atoms with van der Waals surface area (Å²) in [5.74, 6) is 0.347. The number of aromatic hydroxyl groups is 3. The van der Waals surface area contributed by atoms with E-state index in [1.807, 2.05) is 0 Å². The number of phenolic OH excluding ortho intramolecular Hbond substituents is 3. The maximum Gasteiger partial charge on any atom is 0.150 e. The molecule has 4 nitrogen and oxygen atoms in total. The maximum atomic E-state index is 10.3. The van der Waals surface area contributed by atoms with Gasteiger partial charge < -0.3 is 15.3 Å². The maximum absolute atomic E-state index is 10.3. The standard InChI is InChI=1S/C8H8O2.C6H6O2/c1-6-7(5-9)3-2-4-8(6)10;7-5-2-1-3-6(8)4-5/h2-5,10H,1H3;1-4,7-8H. The highest BCUT2D eigenvalue weighted by molar-refractivity contribution is 5.78. The van der Waals surface area contributed by atoms with Crippen LogP contribution >= 0.6 is 0 Å². The second kappa shape index (κ2) is 6.30. The number of benzene rings is 2. The lowest BCUT2D eigenvalue weighted by Gasteiger charge is -1.98. The van der Waals surface area contributed by atoms with Crippen molar-refractivity contribution in [1.29, 1.82) is 0 Å². The van der Waals surface area contributed by atoms with Crippen molar-refractivity contribution in [3.05, 3.63) is 53.6 Å². The predicted molar refractivity (Wildman–Crippen MR) is 68.0 cm³/mol. The van der Waals surface area contributed by atoms with Crippen molar-refractivity contribution in [3.8, 4) is 17.2 Å². The van der Waals surface area contributed by atoms with E-state index < -0.39 is 0 Å². The molecule has 0 heterocycles. The SMILES string of the molecule is Cc1c(O)cccc1C=O.Oc1cccc(O)c1. The van der Waals surface area contributed by atoms with E-state index in [4.69, 9.17) is 15.3 Å². The molecule has 0 unspecified atom stereocenters. The Bertz CT molecular complexity index is 518. The van der Waals surface area contributed by atoms with Crippen molar-refractivity contribution in [2.75, 3.05) is 0 Å². The minimum absolute atomic E-state index is 0.0880. The van der Waals surface area contributed by atoms with Crippen LogP contribution in [0, 0.1) is 6.92 Å². The molecule has 0 amide bonds. The van der Waals surface area contributed by atoms with Crippen LogP contribution in [0.3, 0.4) is 0 Å². The Kier molecular flexibility index (Phi) is 4.75. The highest BCUT2D eigenvalue weighted by Gasteiger charge is 1.98. The number of phenols is 3. The largest absolute Gasteiger partial charge is 0.508 e. The van der Waals surface area contributed by atoms with Crippen LogP contribution < -0.4 is 0 Å². The number of carbonyl (C=O) groups is 1. The Morgan fingerprint density at radius 3 is 1.89 bits per heavy atom. The zero-order chi connectivity index (χ0) is 13.5. The van der Waals surface area contributed by atoms with Gasteiger partial charge >= 0.3 is 0 Å². The summed E-state index contributed by atoms with van der Waals surface area (Å²) >= 11 is 0. The van der Waals surface area contributed by atoms with Crippen molar-refractivity contribution in [2.24, 2.45) is 0 Å². The van der Waals surface area contributed by atoms with Gasteiger partial charge in [-0.15, -0.1) is 0 Å². The van der Waals surface area contributed by atoms with Crippen LogP contribution in [0.4, 0.5) is 0 Å². The van der Waals surface area contributed by atoms with Gasteiger partial charge in [-0.3, -0.25) is 4.79 Å². The van der Waals surface area contributed by atoms with Crippen LogP contribution in [0.15, 0.2) is 42.5 Å². The van der Waals surface area contributed by atoms with Crippen LogP contribution in [-0.2, 0) is 0 Å². The second-order valence-corrected chi connectivity index (χ2v) is 3.63. The van der Waals surface area contributed by atoms with E-state index in [0.29, 0.717) is 11.1 Å². The summed E-state index contributed by atoms with van der Waals surface area (Å²) in [6.45, 7) is 1.71. The third kappa shape index (κ3) is 3.83. The van der Waals surface area contributed by atoms with Crippen molar-refractivity contribution < 1.29 is 20.1 Å². The summed E-state index contributed by atoms with van der Waals surface area (Å²) in [4.78, 5) is 10.3. The van der Waals surface area contributed by atoms with Crippen molar-refractivity contribution in [3.63, 3.8) is 0 Å². The summed E-state index contributed by atoms with van der Waals surface area (Å²) in [7, 11) is 0. The molecule has 0 aliphatic heterocycles. The average Bonchev–Trinajstić information content (AvgIpc) is 2.33. The third-order valence-electron chi connectivity index (χ3n) is 2.30. The molecule has 2 aromatic carbocycles. The number of aldehydes is 1. The van der Waals surface area contributed by atoms with E-state index in [0.717, 1.165) is 6.29 Å². The van der Waals surface area contributed by atoms with Crippen LogP contribution in [0.25, 0.3) is 0 Å². The normalized spacial score (nSPS) is 9.17. The Hall–Kier alpha value is -2.49. The molecule has 3 N–H and O–H groups in total. The molecule has 0 atom stereocenters. The number of hydrogen-bond donors (Lipinski definition) is 3. The molecule has 94 valence electrons. The first-order valence-electron chi connectivity index (χ1n) is 5.26. The zero-order valence-electron chi connectivity index (χ0n) is 9.87. The molecule has 4 heteroatoms. The Labute approximate surface area is 105 Å².